The molecule has 9 heteroatoms. The number of carboxylic acid groups (broad SMARTS) is 2. The van der Waals surface area contributed by atoms with Crippen molar-refractivity contribution in [2.75, 3.05) is 32.9 Å². The molecule has 0 aliphatic carbocycles. The molecule has 2 rings (SSSR count). The Balaban J connectivity index is 0.000000527. The average Bonchev–Trinajstić information content (AvgIpc) is 3.16. The van der Waals surface area contributed by atoms with Crippen LogP contribution >= 0.6 is 0 Å². The second kappa shape index (κ2) is 13.2. The highest BCUT2D eigenvalue weighted by Gasteiger charge is 2.17. The number of rotatable bonds is 9. The molecule has 1 saturated heterocycles. The summed E-state index contributed by atoms with van der Waals surface area (Å²) in [5.41, 5.74) is 1.21. The van der Waals surface area contributed by atoms with Gasteiger partial charge < -0.3 is 24.8 Å². The minimum absolute atomic E-state index is 0.219. The van der Waals surface area contributed by atoms with E-state index < -0.39 is 18.0 Å². The second-order valence-electron chi connectivity index (χ2n) is 6.12. The summed E-state index contributed by atoms with van der Waals surface area (Å²) < 4.78 is 11.1. The Kier molecular flexibility index (Phi) is 11.2. The van der Waals surface area contributed by atoms with Crippen LogP contribution in [0.25, 0.3) is 0 Å². The number of hydrogen-bond acceptors (Lipinski definition) is 7. The van der Waals surface area contributed by atoms with Crippen LogP contribution in [0.1, 0.15) is 25.3 Å². The number of aliphatic hydroxyl groups is 1. The van der Waals surface area contributed by atoms with Crippen molar-refractivity contribution in [1.29, 1.82) is 0 Å². The van der Waals surface area contributed by atoms with Crippen molar-refractivity contribution in [1.82, 2.24) is 9.88 Å². The van der Waals surface area contributed by atoms with Crippen LogP contribution in [0, 0.1) is 0 Å². The molecule has 1 aromatic heterocycles. The van der Waals surface area contributed by atoms with Crippen LogP contribution in [0.2, 0.25) is 0 Å². The molecule has 0 bridgehead atoms. The van der Waals surface area contributed by atoms with Crippen molar-refractivity contribution in [3.63, 3.8) is 0 Å². The average molecular weight is 384 g/mol. The molecule has 2 heterocycles. The van der Waals surface area contributed by atoms with E-state index in [9.17, 15) is 5.11 Å². The highest BCUT2D eigenvalue weighted by Crippen LogP contribution is 2.12. The lowest BCUT2D eigenvalue weighted by atomic mass is 10.2. The van der Waals surface area contributed by atoms with Gasteiger partial charge in [0.15, 0.2) is 0 Å². The monoisotopic (exact) mass is 384 g/mol. The summed E-state index contributed by atoms with van der Waals surface area (Å²) in [4.78, 5) is 24.4. The van der Waals surface area contributed by atoms with Crippen molar-refractivity contribution in [2.24, 2.45) is 0 Å². The van der Waals surface area contributed by atoms with Crippen molar-refractivity contribution >= 4 is 11.9 Å². The highest BCUT2D eigenvalue weighted by molar-refractivity contribution is 6.27. The van der Waals surface area contributed by atoms with Gasteiger partial charge in [0.05, 0.1) is 25.4 Å². The van der Waals surface area contributed by atoms with Gasteiger partial charge in [-0.3, -0.25) is 9.88 Å². The van der Waals surface area contributed by atoms with Gasteiger partial charge in [-0.25, -0.2) is 9.59 Å². The van der Waals surface area contributed by atoms with Gasteiger partial charge in [0, 0.05) is 32.1 Å². The van der Waals surface area contributed by atoms with Crippen LogP contribution in [0.4, 0.5) is 0 Å². The molecule has 152 valence electrons. The fraction of sp³-hybridized carbons (Fsp3) is 0.611. The van der Waals surface area contributed by atoms with E-state index in [0.29, 0.717) is 19.8 Å². The number of hydrogen-bond donors (Lipinski definition) is 3. The van der Waals surface area contributed by atoms with Gasteiger partial charge in [0.25, 0.3) is 0 Å². The molecule has 2 unspecified atom stereocenters. The Bertz CT molecular complexity index is 538. The number of aromatic nitrogens is 1. The summed E-state index contributed by atoms with van der Waals surface area (Å²) in [5.74, 6) is -3.65. The summed E-state index contributed by atoms with van der Waals surface area (Å²) >= 11 is 0. The number of carbonyl (C=O) groups is 2. The van der Waals surface area contributed by atoms with Crippen LogP contribution in [0.5, 0.6) is 0 Å². The Labute approximate surface area is 158 Å². The maximum absolute atomic E-state index is 10.1. The zero-order chi connectivity index (χ0) is 20.1. The van der Waals surface area contributed by atoms with E-state index in [-0.39, 0.29) is 6.10 Å². The molecule has 0 radical (unpaired) electrons. The number of pyridine rings is 1. The summed E-state index contributed by atoms with van der Waals surface area (Å²) in [7, 11) is 0. The number of aliphatic carboxylic acids is 2. The maximum Gasteiger partial charge on any atom is 0.414 e. The normalized spacial score (nSPS) is 17.2. The van der Waals surface area contributed by atoms with E-state index in [1.165, 1.54) is 5.56 Å². The third-order valence-electron chi connectivity index (χ3n) is 3.89. The maximum atomic E-state index is 10.1. The van der Waals surface area contributed by atoms with Gasteiger partial charge >= 0.3 is 11.9 Å². The van der Waals surface area contributed by atoms with Gasteiger partial charge in [-0.2, -0.15) is 0 Å². The molecule has 0 spiro atoms. The molecule has 27 heavy (non-hydrogen) atoms. The lowest BCUT2D eigenvalue weighted by molar-refractivity contribution is -0.159. The molecule has 9 nitrogen and oxygen atoms in total. The van der Waals surface area contributed by atoms with Crippen molar-refractivity contribution in [3.05, 3.63) is 30.1 Å². The van der Waals surface area contributed by atoms with E-state index in [1.807, 2.05) is 12.1 Å². The van der Waals surface area contributed by atoms with Gasteiger partial charge in [-0.05, 0) is 37.1 Å². The lowest BCUT2D eigenvalue weighted by Gasteiger charge is -2.24. The van der Waals surface area contributed by atoms with Gasteiger partial charge in [-0.1, -0.05) is 6.92 Å². The number of likely N-dealkylation sites (N-methyl/N-ethyl adjacent to an activating group) is 1. The zero-order valence-electron chi connectivity index (χ0n) is 15.5. The highest BCUT2D eigenvalue weighted by atomic mass is 16.5. The molecule has 1 aliphatic rings. The van der Waals surface area contributed by atoms with Crippen LogP contribution in [0.15, 0.2) is 24.5 Å². The number of carboxylic acids is 2. The largest absolute Gasteiger partial charge is 0.473 e. The van der Waals surface area contributed by atoms with Crippen molar-refractivity contribution in [3.8, 4) is 0 Å². The van der Waals surface area contributed by atoms with E-state index in [2.05, 4.69) is 16.8 Å². The standard InChI is InChI=1S/C16H26N2O3.C2H2O4/c1-2-18(10-14-5-7-17-8-6-14)11-15(19)12-20-13-16-4-3-9-21-16;3-1(4)2(5)6/h5-8,15-16,19H,2-4,9-13H2,1H3;(H,3,4)(H,5,6). The summed E-state index contributed by atoms with van der Waals surface area (Å²) in [6.45, 7) is 6.23. The summed E-state index contributed by atoms with van der Waals surface area (Å²) in [6, 6.07) is 4.01. The van der Waals surface area contributed by atoms with Crippen molar-refractivity contribution in [2.45, 2.75) is 38.5 Å². The number of nitrogens with zero attached hydrogens (tertiary/aromatic N) is 2. The molecule has 1 aliphatic heterocycles. The first-order valence-corrected chi connectivity index (χ1v) is 8.87. The number of aliphatic hydroxyl groups excluding tert-OH is 1. The molecule has 0 aromatic carbocycles. The predicted molar refractivity (Wildman–Crippen MR) is 96.3 cm³/mol. The molecule has 1 fully saturated rings. The summed E-state index contributed by atoms with van der Waals surface area (Å²) in [6.07, 6.45) is 5.53. The minimum Gasteiger partial charge on any atom is -0.473 e. The van der Waals surface area contributed by atoms with Gasteiger partial charge in [0.2, 0.25) is 0 Å². The third kappa shape index (κ3) is 10.6. The minimum atomic E-state index is -1.82. The number of ether oxygens (including phenoxy) is 2. The predicted octanol–water partition coefficient (Wildman–Crippen LogP) is 0.616. The Morgan fingerprint density at radius 2 is 2.00 bits per heavy atom. The fourth-order valence-electron chi connectivity index (χ4n) is 2.51. The smallest absolute Gasteiger partial charge is 0.414 e. The second-order valence-corrected chi connectivity index (χ2v) is 6.12. The van der Waals surface area contributed by atoms with E-state index in [0.717, 1.165) is 32.5 Å². The first-order valence-electron chi connectivity index (χ1n) is 8.87. The first kappa shape index (κ1) is 23.0. The molecule has 0 amide bonds. The van der Waals surface area contributed by atoms with Crippen LogP contribution in [-0.2, 0) is 25.6 Å². The van der Waals surface area contributed by atoms with Crippen LogP contribution in [0.3, 0.4) is 0 Å². The lowest BCUT2D eigenvalue weighted by Crippen LogP contribution is -2.35. The van der Waals surface area contributed by atoms with Gasteiger partial charge in [-0.15, -0.1) is 0 Å². The zero-order valence-corrected chi connectivity index (χ0v) is 15.5. The third-order valence-corrected chi connectivity index (χ3v) is 3.89. The van der Waals surface area contributed by atoms with E-state index in [4.69, 9.17) is 29.3 Å². The quantitative estimate of drug-likeness (QED) is 0.524. The molecule has 2 atom stereocenters. The van der Waals surface area contributed by atoms with E-state index >= 15 is 0 Å². The molecular formula is C18H28N2O7. The van der Waals surface area contributed by atoms with Crippen LogP contribution < -0.4 is 0 Å². The van der Waals surface area contributed by atoms with Gasteiger partial charge in [0.1, 0.15) is 0 Å². The SMILES string of the molecule is CCN(Cc1ccncc1)CC(O)COCC1CCCO1.O=C(O)C(=O)O. The van der Waals surface area contributed by atoms with Crippen LogP contribution in [-0.4, -0.2) is 82.3 Å². The van der Waals surface area contributed by atoms with Crippen molar-refractivity contribution < 1.29 is 34.4 Å². The van der Waals surface area contributed by atoms with E-state index in [1.54, 1.807) is 12.4 Å². The first-order chi connectivity index (χ1) is 12.9. The molecular weight excluding hydrogens is 356 g/mol. The Morgan fingerprint density at radius 3 is 2.52 bits per heavy atom. The molecule has 1 aromatic rings. The Morgan fingerprint density at radius 1 is 1.33 bits per heavy atom. The fourth-order valence-corrected chi connectivity index (χ4v) is 2.51. The topological polar surface area (TPSA) is 129 Å². The Hall–Kier alpha value is -2.07. The molecule has 0 saturated carbocycles. The molecule has 3 N–H and O–H groups in total. The summed E-state index contributed by atoms with van der Waals surface area (Å²) in [5, 5.41) is 24.9.